The molecular weight excluding hydrogens is 1100 g/mol. The van der Waals surface area contributed by atoms with Crippen molar-refractivity contribution in [2.45, 2.75) is 59.3 Å². The number of para-hydroxylation sites is 3. The number of hydrogen-bond donors (Lipinski definition) is 0. The second-order valence-corrected chi connectivity index (χ2v) is 21.4. The number of nitrogens with zero attached hydrogens (tertiary/aromatic N) is 4. The van der Waals surface area contributed by atoms with Crippen LogP contribution in [0.2, 0.25) is 0 Å². The predicted octanol–water partition coefficient (Wildman–Crippen LogP) is 18.5. The minimum absolute atomic E-state index is 0. The summed E-state index contributed by atoms with van der Waals surface area (Å²) in [5, 5.41) is 2.24. The number of aryl methyl sites for hydroxylation is 1. The minimum Gasteiger partial charge on any atom is -0.509 e. The Morgan fingerprint density at radius 1 is 0.467 bits per heavy atom. The molecule has 372 valence electrons. The number of hydrogen-bond acceptors (Lipinski definition) is 4. The zero-order valence-corrected chi connectivity index (χ0v) is 45.6. The zero-order valence-electron chi connectivity index (χ0n) is 43.3. The first-order chi connectivity index (χ1) is 35.9. The van der Waals surface area contributed by atoms with Crippen LogP contribution < -0.4 is 14.5 Å². The van der Waals surface area contributed by atoms with E-state index in [0.717, 1.165) is 89.3 Å². The minimum atomic E-state index is -0.0226. The Morgan fingerprint density at radius 3 is 1.76 bits per heavy atom. The molecule has 1 aliphatic heterocycles. The third kappa shape index (κ3) is 9.36. The van der Waals surface area contributed by atoms with Gasteiger partial charge in [-0.3, -0.25) is 0 Å². The normalized spacial score (nSPS) is 12.5. The summed E-state index contributed by atoms with van der Waals surface area (Å²) in [6.07, 6.45) is 1.99. The summed E-state index contributed by atoms with van der Waals surface area (Å²) in [4.78, 5) is 9.67. The van der Waals surface area contributed by atoms with Crippen LogP contribution >= 0.6 is 0 Å². The van der Waals surface area contributed by atoms with Crippen LogP contribution in [0.1, 0.15) is 58.2 Å². The SMILES string of the molecule is Cc1cc(-n2c3[c-]c(Oc4[c-]c(N5[CH-]N(c6c(-c7ccc(C(C)(C)C)cc7)cccc6-c6cccc(-c7ccccc7)c6)c6ccccc65)ccc4)ccc3c3cc(C(C)(C)C)ccc32)ncc1-c1ccccc1.[Pt]. The van der Waals surface area contributed by atoms with E-state index < -0.39 is 0 Å². The van der Waals surface area contributed by atoms with E-state index in [-0.39, 0.29) is 31.9 Å². The average molecular weight is 1150 g/mol. The molecule has 0 N–H and O–H groups in total. The van der Waals surface area contributed by atoms with Gasteiger partial charge in [0.05, 0.1) is 0 Å². The molecular formula is C69H57N4OPt-3. The van der Waals surface area contributed by atoms with Crippen molar-refractivity contribution >= 4 is 44.6 Å². The van der Waals surface area contributed by atoms with Crippen LogP contribution in [0.5, 0.6) is 11.5 Å². The maximum atomic E-state index is 6.79. The van der Waals surface area contributed by atoms with Crippen molar-refractivity contribution in [2.75, 3.05) is 9.80 Å². The van der Waals surface area contributed by atoms with Crippen LogP contribution in [0.4, 0.5) is 22.7 Å². The van der Waals surface area contributed by atoms with Gasteiger partial charge in [0.2, 0.25) is 0 Å². The summed E-state index contributed by atoms with van der Waals surface area (Å²) in [7, 11) is 0. The van der Waals surface area contributed by atoms with Gasteiger partial charge in [-0.1, -0.05) is 193 Å². The van der Waals surface area contributed by atoms with Gasteiger partial charge in [-0.15, -0.1) is 48.1 Å². The smallest absolute Gasteiger partial charge is 0.135 e. The van der Waals surface area contributed by atoms with E-state index in [0.29, 0.717) is 11.5 Å². The summed E-state index contributed by atoms with van der Waals surface area (Å²) in [5.74, 6) is 2.00. The number of pyridine rings is 1. The van der Waals surface area contributed by atoms with Gasteiger partial charge in [-0.25, -0.2) is 4.98 Å². The Hall–Kier alpha value is -7.98. The molecule has 3 heterocycles. The molecule has 6 heteroatoms. The number of aromatic nitrogens is 2. The number of benzene rings is 9. The Bertz CT molecular complexity index is 3880. The molecule has 0 fully saturated rings. The quantitative estimate of drug-likeness (QED) is 0.135. The number of anilines is 4. The Labute approximate surface area is 456 Å². The Kier molecular flexibility index (Phi) is 12.9. The van der Waals surface area contributed by atoms with Gasteiger partial charge in [-0.2, -0.15) is 12.1 Å². The molecule has 5 nitrogen and oxygen atoms in total. The summed E-state index contributed by atoms with van der Waals surface area (Å²) < 4.78 is 9.01. The molecule has 0 saturated carbocycles. The van der Waals surface area contributed by atoms with Gasteiger partial charge in [-0.05, 0) is 98.0 Å². The predicted molar refractivity (Wildman–Crippen MR) is 308 cm³/mol. The molecule has 0 saturated heterocycles. The van der Waals surface area contributed by atoms with Crippen molar-refractivity contribution < 1.29 is 25.8 Å². The van der Waals surface area contributed by atoms with E-state index in [4.69, 9.17) is 9.72 Å². The van der Waals surface area contributed by atoms with Crippen LogP contribution in [0.25, 0.3) is 72.1 Å². The van der Waals surface area contributed by atoms with E-state index in [1.54, 1.807) is 0 Å². The fourth-order valence-corrected chi connectivity index (χ4v) is 10.4. The first-order valence-electron chi connectivity index (χ1n) is 25.5. The second-order valence-electron chi connectivity index (χ2n) is 21.4. The van der Waals surface area contributed by atoms with Crippen LogP contribution in [0.15, 0.2) is 212 Å². The topological polar surface area (TPSA) is 33.5 Å². The van der Waals surface area contributed by atoms with Gasteiger partial charge >= 0.3 is 0 Å². The fraction of sp³-hybridized carbons (Fsp3) is 0.130. The van der Waals surface area contributed by atoms with Gasteiger partial charge in [0, 0.05) is 78.0 Å². The van der Waals surface area contributed by atoms with E-state index in [1.165, 1.54) is 22.3 Å². The van der Waals surface area contributed by atoms with E-state index in [1.807, 2.05) is 30.5 Å². The first-order valence-corrected chi connectivity index (χ1v) is 25.5. The van der Waals surface area contributed by atoms with Crippen molar-refractivity contribution in [1.29, 1.82) is 0 Å². The summed E-state index contributed by atoms with van der Waals surface area (Å²) in [5.41, 5.74) is 18.9. The fourth-order valence-electron chi connectivity index (χ4n) is 10.4. The molecule has 9 aromatic carbocycles. The Morgan fingerprint density at radius 2 is 1.05 bits per heavy atom. The van der Waals surface area contributed by atoms with Crippen molar-refractivity contribution in [1.82, 2.24) is 9.55 Å². The number of ether oxygens (including phenoxy) is 1. The maximum absolute atomic E-state index is 6.79. The molecule has 1 aliphatic rings. The molecule has 2 aromatic heterocycles. The van der Waals surface area contributed by atoms with Crippen molar-refractivity contribution in [2.24, 2.45) is 0 Å². The molecule has 11 aromatic rings. The van der Waals surface area contributed by atoms with Gasteiger partial charge in [0.1, 0.15) is 5.82 Å². The number of fused-ring (bicyclic) bond motifs is 4. The Balaban J connectivity index is 0.00000602. The molecule has 0 radical (unpaired) electrons. The van der Waals surface area contributed by atoms with E-state index in [9.17, 15) is 0 Å². The average Bonchev–Trinajstić information content (AvgIpc) is 3.98. The molecule has 0 bridgehead atoms. The largest absolute Gasteiger partial charge is 0.509 e. The van der Waals surface area contributed by atoms with Crippen LogP contribution in [0, 0.1) is 25.7 Å². The van der Waals surface area contributed by atoms with Gasteiger partial charge in [0.15, 0.2) is 0 Å². The third-order valence-corrected chi connectivity index (χ3v) is 14.4. The van der Waals surface area contributed by atoms with Crippen molar-refractivity contribution in [3.8, 4) is 61.8 Å². The van der Waals surface area contributed by atoms with Crippen LogP contribution in [-0.2, 0) is 31.9 Å². The molecule has 12 rings (SSSR count). The zero-order chi connectivity index (χ0) is 50.7. The second kappa shape index (κ2) is 19.7. The molecule has 0 unspecified atom stereocenters. The first kappa shape index (κ1) is 49.2. The van der Waals surface area contributed by atoms with Crippen LogP contribution in [-0.4, -0.2) is 9.55 Å². The standard InChI is InChI=1S/C69H57N4O.Pt/c1-46-39-66(70-44-61(46)48-21-12-9-13-22-48)73-62-38-35-53(69(5,6)7)41-60(62)59-37-36-56(43-65(59)73)74-55-26-17-25-54(42-55)71-45-72(64-30-15-14-29-63(64)71)67-57(49-31-33-52(34-32-49)68(2,3)4)27-18-28-58(67)51-24-16-23-50(40-51)47-19-10-8-11-20-47;/h8-41,44-45H,1-7H3;/q-3;. The summed E-state index contributed by atoms with van der Waals surface area (Å²) in [6.45, 7) is 17.9. The summed E-state index contributed by atoms with van der Waals surface area (Å²) in [6, 6.07) is 80.9. The molecule has 0 spiro atoms. The molecule has 0 aliphatic carbocycles. The van der Waals surface area contributed by atoms with Crippen LogP contribution in [0.3, 0.4) is 0 Å². The van der Waals surface area contributed by atoms with E-state index in [2.05, 4.69) is 264 Å². The monoisotopic (exact) mass is 1150 g/mol. The van der Waals surface area contributed by atoms with E-state index >= 15 is 0 Å². The van der Waals surface area contributed by atoms with Gasteiger partial charge in [0.25, 0.3) is 0 Å². The third-order valence-electron chi connectivity index (χ3n) is 14.4. The maximum Gasteiger partial charge on any atom is 0.135 e. The molecule has 75 heavy (non-hydrogen) atoms. The molecule has 0 atom stereocenters. The van der Waals surface area contributed by atoms with Gasteiger partial charge < -0.3 is 19.1 Å². The molecule has 0 amide bonds. The van der Waals surface area contributed by atoms with Crippen molar-refractivity contribution in [3.05, 3.63) is 248 Å². The summed E-state index contributed by atoms with van der Waals surface area (Å²) >= 11 is 0. The number of rotatable bonds is 9. The van der Waals surface area contributed by atoms with Crippen molar-refractivity contribution in [3.63, 3.8) is 0 Å².